The Balaban J connectivity index is 2.06. The van der Waals surface area contributed by atoms with Crippen LogP contribution in [0.15, 0.2) is 36.4 Å². The number of halogens is 1. The second-order valence-corrected chi connectivity index (χ2v) is 8.05. The number of hydrogen-bond acceptors (Lipinski definition) is 3. The average molecular weight is 382 g/mol. The maximum Gasteiger partial charge on any atom is 0.270 e. The Morgan fingerprint density at radius 2 is 1.86 bits per heavy atom. The fraction of sp³-hybridized carbons (Fsp3) is 0.409. The van der Waals surface area contributed by atoms with E-state index in [1.54, 1.807) is 22.7 Å². The van der Waals surface area contributed by atoms with Crippen molar-refractivity contribution in [3.8, 4) is 11.3 Å². The van der Waals surface area contributed by atoms with Crippen molar-refractivity contribution in [2.24, 2.45) is 0 Å². The Kier molecular flexibility index (Phi) is 5.77. The molecule has 6 heteroatoms. The van der Waals surface area contributed by atoms with Crippen molar-refractivity contribution in [2.75, 3.05) is 6.54 Å². The first-order valence-electron chi connectivity index (χ1n) is 9.75. The van der Waals surface area contributed by atoms with Crippen LogP contribution in [-0.2, 0) is 5.41 Å². The van der Waals surface area contributed by atoms with E-state index in [0.717, 1.165) is 30.5 Å². The van der Waals surface area contributed by atoms with Crippen LogP contribution in [-0.4, -0.2) is 27.0 Å². The minimum atomic E-state index is -0.307. The van der Waals surface area contributed by atoms with E-state index in [4.69, 9.17) is 0 Å². The normalized spacial score (nSPS) is 11.8. The SMILES string of the molecule is CCCCCNC(=O)c1cc(-c2ccc(F)cc2)nc2cc(C(C)(C)C)nn12. The third-order valence-electron chi connectivity index (χ3n) is 4.63. The van der Waals surface area contributed by atoms with Crippen LogP contribution in [0.25, 0.3) is 16.9 Å². The largest absolute Gasteiger partial charge is 0.351 e. The van der Waals surface area contributed by atoms with E-state index in [-0.39, 0.29) is 17.1 Å². The summed E-state index contributed by atoms with van der Waals surface area (Å²) in [6.45, 7) is 8.96. The quantitative estimate of drug-likeness (QED) is 0.626. The van der Waals surface area contributed by atoms with Gasteiger partial charge in [-0.05, 0) is 36.8 Å². The van der Waals surface area contributed by atoms with Crippen LogP contribution in [0.5, 0.6) is 0 Å². The molecule has 1 amide bonds. The lowest BCUT2D eigenvalue weighted by molar-refractivity contribution is 0.0945. The van der Waals surface area contributed by atoms with Gasteiger partial charge in [-0.3, -0.25) is 4.79 Å². The van der Waals surface area contributed by atoms with Crippen molar-refractivity contribution in [1.29, 1.82) is 0 Å². The van der Waals surface area contributed by atoms with Crippen LogP contribution in [0.2, 0.25) is 0 Å². The lowest BCUT2D eigenvalue weighted by Gasteiger charge is -2.13. The van der Waals surface area contributed by atoms with Crippen LogP contribution in [0.3, 0.4) is 0 Å². The molecule has 28 heavy (non-hydrogen) atoms. The van der Waals surface area contributed by atoms with Crippen molar-refractivity contribution >= 4 is 11.6 Å². The van der Waals surface area contributed by atoms with Gasteiger partial charge in [0.25, 0.3) is 5.91 Å². The maximum atomic E-state index is 13.3. The molecule has 3 aromatic rings. The topological polar surface area (TPSA) is 59.3 Å². The first kappa shape index (κ1) is 20.0. The van der Waals surface area contributed by atoms with Crippen LogP contribution in [0.4, 0.5) is 4.39 Å². The number of unbranched alkanes of at least 4 members (excludes halogenated alkanes) is 2. The lowest BCUT2D eigenvalue weighted by Crippen LogP contribution is -2.27. The van der Waals surface area contributed by atoms with Gasteiger partial charge < -0.3 is 5.32 Å². The van der Waals surface area contributed by atoms with E-state index in [2.05, 4.69) is 43.1 Å². The third kappa shape index (κ3) is 4.38. The summed E-state index contributed by atoms with van der Waals surface area (Å²) >= 11 is 0. The number of amides is 1. The summed E-state index contributed by atoms with van der Waals surface area (Å²) in [5.74, 6) is -0.492. The van der Waals surface area contributed by atoms with E-state index < -0.39 is 0 Å². The molecule has 5 nitrogen and oxygen atoms in total. The van der Waals surface area contributed by atoms with E-state index >= 15 is 0 Å². The maximum absolute atomic E-state index is 13.3. The molecule has 0 aliphatic heterocycles. The number of hydrogen-bond donors (Lipinski definition) is 1. The molecular formula is C22H27FN4O. The zero-order chi connectivity index (χ0) is 20.3. The summed E-state index contributed by atoms with van der Waals surface area (Å²) in [5, 5.41) is 7.61. The highest BCUT2D eigenvalue weighted by molar-refractivity contribution is 5.94. The summed E-state index contributed by atoms with van der Waals surface area (Å²) in [5.41, 5.74) is 3.09. The van der Waals surface area contributed by atoms with Gasteiger partial charge in [0, 0.05) is 23.6 Å². The van der Waals surface area contributed by atoms with Gasteiger partial charge in [0.15, 0.2) is 5.65 Å². The average Bonchev–Trinajstić information content (AvgIpc) is 3.09. The molecular weight excluding hydrogens is 355 g/mol. The second kappa shape index (κ2) is 8.09. The summed E-state index contributed by atoms with van der Waals surface area (Å²) in [4.78, 5) is 17.5. The number of carbonyl (C=O) groups excluding carboxylic acids is 1. The van der Waals surface area contributed by atoms with Crippen molar-refractivity contribution in [3.63, 3.8) is 0 Å². The highest BCUT2D eigenvalue weighted by Crippen LogP contribution is 2.25. The van der Waals surface area contributed by atoms with E-state index in [1.165, 1.54) is 12.1 Å². The van der Waals surface area contributed by atoms with Gasteiger partial charge >= 0.3 is 0 Å². The standard InChI is InChI=1S/C22H27FN4O/c1-5-6-7-12-24-21(28)18-13-17(15-8-10-16(23)11-9-15)25-20-14-19(22(2,3)4)26-27(18)20/h8-11,13-14H,5-7,12H2,1-4H3,(H,24,28). The molecule has 0 fully saturated rings. The molecule has 0 aliphatic rings. The number of aromatic nitrogens is 3. The minimum absolute atomic E-state index is 0.168. The molecule has 148 valence electrons. The minimum Gasteiger partial charge on any atom is -0.351 e. The van der Waals surface area contributed by atoms with Gasteiger partial charge in [0.1, 0.15) is 11.5 Å². The molecule has 0 saturated heterocycles. The molecule has 2 heterocycles. The fourth-order valence-electron chi connectivity index (χ4n) is 2.94. The number of rotatable bonds is 6. The van der Waals surface area contributed by atoms with Crippen molar-refractivity contribution in [2.45, 2.75) is 52.4 Å². The van der Waals surface area contributed by atoms with Crippen molar-refractivity contribution in [3.05, 3.63) is 53.6 Å². The first-order valence-corrected chi connectivity index (χ1v) is 9.75. The fourth-order valence-corrected chi connectivity index (χ4v) is 2.94. The summed E-state index contributed by atoms with van der Waals surface area (Å²) in [6.07, 6.45) is 3.11. The second-order valence-electron chi connectivity index (χ2n) is 8.05. The van der Waals surface area contributed by atoms with Crippen LogP contribution in [0, 0.1) is 5.82 Å². The Labute approximate surface area is 165 Å². The van der Waals surface area contributed by atoms with Gasteiger partial charge in [0.05, 0.1) is 11.4 Å². The number of carbonyl (C=O) groups is 1. The Morgan fingerprint density at radius 3 is 2.50 bits per heavy atom. The molecule has 0 radical (unpaired) electrons. The van der Waals surface area contributed by atoms with Gasteiger partial charge in [-0.25, -0.2) is 13.9 Å². The highest BCUT2D eigenvalue weighted by atomic mass is 19.1. The number of benzene rings is 1. The monoisotopic (exact) mass is 382 g/mol. The summed E-state index contributed by atoms with van der Waals surface area (Å²) in [6, 6.07) is 9.73. The third-order valence-corrected chi connectivity index (χ3v) is 4.63. The predicted octanol–water partition coefficient (Wildman–Crippen LogP) is 4.75. The van der Waals surface area contributed by atoms with Crippen LogP contribution >= 0.6 is 0 Å². The molecule has 0 spiro atoms. The number of nitrogens with zero attached hydrogens (tertiary/aromatic N) is 3. The van der Waals surface area contributed by atoms with Crippen molar-refractivity contribution < 1.29 is 9.18 Å². The molecule has 0 unspecified atom stereocenters. The number of fused-ring (bicyclic) bond motifs is 1. The predicted molar refractivity (Wildman–Crippen MR) is 109 cm³/mol. The lowest BCUT2D eigenvalue weighted by atomic mass is 9.93. The molecule has 0 saturated carbocycles. The zero-order valence-corrected chi connectivity index (χ0v) is 16.9. The van der Waals surface area contributed by atoms with E-state index in [9.17, 15) is 9.18 Å². The Hall–Kier alpha value is -2.76. The van der Waals surface area contributed by atoms with Gasteiger partial charge in [0.2, 0.25) is 0 Å². The van der Waals surface area contributed by atoms with Gasteiger partial charge in [-0.1, -0.05) is 40.5 Å². The summed E-state index contributed by atoms with van der Waals surface area (Å²) < 4.78 is 14.9. The molecule has 3 rings (SSSR count). The highest BCUT2D eigenvalue weighted by Gasteiger charge is 2.22. The molecule has 0 atom stereocenters. The Morgan fingerprint density at radius 1 is 1.14 bits per heavy atom. The molecule has 1 aromatic carbocycles. The van der Waals surface area contributed by atoms with E-state index in [0.29, 0.717) is 23.6 Å². The zero-order valence-electron chi connectivity index (χ0n) is 16.9. The van der Waals surface area contributed by atoms with E-state index in [1.807, 2.05) is 6.07 Å². The molecule has 0 aliphatic carbocycles. The Bertz CT molecular complexity index is 971. The first-order chi connectivity index (χ1) is 13.3. The van der Waals surface area contributed by atoms with Crippen LogP contribution < -0.4 is 5.32 Å². The van der Waals surface area contributed by atoms with Crippen LogP contribution in [0.1, 0.15) is 63.1 Å². The summed E-state index contributed by atoms with van der Waals surface area (Å²) in [7, 11) is 0. The molecule has 2 aromatic heterocycles. The molecule has 0 bridgehead atoms. The van der Waals surface area contributed by atoms with Crippen molar-refractivity contribution in [1.82, 2.24) is 19.9 Å². The van der Waals surface area contributed by atoms with Gasteiger partial charge in [-0.15, -0.1) is 0 Å². The van der Waals surface area contributed by atoms with Gasteiger partial charge in [-0.2, -0.15) is 5.10 Å². The molecule has 1 N–H and O–H groups in total. The smallest absolute Gasteiger partial charge is 0.270 e. The number of nitrogens with one attached hydrogen (secondary N) is 1.